The molecule has 0 radical (unpaired) electrons. The maximum absolute atomic E-state index is 4.44. The van der Waals surface area contributed by atoms with Gasteiger partial charge in [0.25, 0.3) is 0 Å². The van der Waals surface area contributed by atoms with Gasteiger partial charge >= 0.3 is 0 Å². The smallest absolute Gasteiger partial charge is 0.143 e. The van der Waals surface area contributed by atoms with E-state index >= 15 is 0 Å². The van der Waals surface area contributed by atoms with E-state index in [9.17, 15) is 0 Å². The first kappa shape index (κ1) is 13.5. The van der Waals surface area contributed by atoms with Gasteiger partial charge in [-0.15, -0.1) is 0 Å². The van der Waals surface area contributed by atoms with Gasteiger partial charge in [0.2, 0.25) is 0 Å². The summed E-state index contributed by atoms with van der Waals surface area (Å²) in [5, 5.41) is 1.13. The predicted octanol–water partition coefficient (Wildman–Crippen LogP) is 3.27. The first-order chi connectivity index (χ1) is 10.9. The molecule has 4 nitrogen and oxygen atoms in total. The van der Waals surface area contributed by atoms with Crippen LogP contribution >= 0.6 is 0 Å². The summed E-state index contributed by atoms with van der Waals surface area (Å²) in [5.41, 5.74) is 2.47. The molecule has 0 amide bonds. The maximum atomic E-state index is 4.44. The second-order valence-electron chi connectivity index (χ2n) is 6.02. The van der Waals surface area contributed by atoms with Gasteiger partial charge in [0.1, 0.15) is 12.0 Å². The van der Waals surface area contributed by atoms with Crippen molar-refractivity contribution in [2.45, 2.75) is 25.4 Å². The Labute approximate surface area is 130 Å². The van der Waals surface area contributed by atoms with Gasteiger partial charge in [-0.25, -0.2) is 9.97 Å². The van der Waals surface area contributed by atoms with Gasteiger partial charge in [0, 0.05) is 43.5 Å². The van der Waals surface area contributed by atoms with Crippen LogP contribution < -0.4 is 0 Å². The fraction of sp³-hybridized carbons (Fsp3) is 0.333. The predicted molar refractivity (Wildman–Crippen MR) is 87.5 cm³/mol. The summed E-state index contributed by atoms with van der Waals surface area (Å²) in [6, 6.07) is 13.4. The molecule has 4 heteroatoms. The van der Waals surface area contributed by atoms with Crippen molar-refractivity contribution >= 4 is 11.0 Å². The largest absolute Gasteiger partial charge is 0.329 e. The Kier molecular flexibility index (Phi) is 3.60. The molecule has 0 unspecified atom stereocenters. The van der Waals surface area contributed by atoms with E-state index in [4.69, 9.17) is 0 Å². The molecule has 0 saturated carbocycles. The summed E-state index contributed by atoms with van der Waals surface area (Å²) in [6.45, 7) is 3.34. The summed E-state index contributed by atoms with van der Waals surface area (Å²) in [7, 11) is 0. The number of hydrogen-bond acceptors (Lipinski definition) is 3. The lowest BCUT2D eigenvalue weighted by Crippen LogP contribution is -2.34. The molecule has 112 valence electrons. The van der Waals surface area contributed by atoms with Crippen LogP contribution in [0.4, 0.5) is 0 Å². The van der Waals surface area contributed by atoms with Crippen molar-refractivity contribution < 1.29 is 0 Å². The van der Waals surface area contributed by atoms with E-state index in [2.05, 4.69) is 62.0 Å². The molecule has 1 saturated heterocycles. The second kappa shape index (κ2) is 5.89. The van der Waals surface area contributed by atoms with E-state index < -0.39 is 0 Å². The standard InChI is InChI=1S/C18H20N4/c1-2-4-15(5-3-1)13-21-9-7-17(8-10-21)22-11-6-16-12-19-14-20-18(16)22/h1-6,11-12,14,17H,7-10,13H2. The zero-order valence-corrected chi connectivity index (χ0v) is 12.6. The van der Waals surface area contributed by atoms with Crippen molar-refractivity contribution in [1.29, 1.82) is 0 Å². The highest BCUT2D eigenvalue weighted by molar-refractivity contribution is 5.74. The summed E-state index contributed by atoms with van der Waals surface area (Å²) < 4.78 is 2.33. The van der Waals surface area contributed by atoms with Gasteiger partial charge in [-0.3, -0.25) is 4.90 Å². The van der Waals surface area contributed by atoms with Crippen LogP contribution in [-0.2, 0) is 6.54 Å². The number of benzene rings is 1. The van der Waals surface area contributed by atoms with E-state index in [1.54, 1.807) is 6.33 Å². The monoisotopic (exact) mass is 292 g/mol. The minimum Gasteiger partial charge on any atom is -0.329 e. The minimum atomic E-state index is 0.555. The SMILES string of the molecule is c1ccc(CN2CCC(n3ccc4cncnc43)CC2)cc1. The van der Waals surface area contributed by atoms with Crippen LogP contribution in [0.2, 0.25) is 0 Å². The van der Waals surface area contributed by atoms with Crippen molar-refractivity contribution in [3.8, 4) is 0 Å². The molecular formula is C18H20N4. The molecule has 2 aromatic heterocycles. The van der Waals surface area contributed by atoms with Crippen LogP contribution in [0.1, 0.15) is 24.4 Å². The fourth-order valence-electron chi connectivity index (χ4n) is 3.39. The third-order valence-electron chi connectivity index (χ3n) is 4.58. The molecule has 22 heavy (non-hydrogen) atoms. The third kappa shape index (κ3) is 2.62. The minimum absolute atomic E-state index is 0.555. The van der Waals surface area contributed by atoms with Crippen LogP contribution in [-0.4, -0.2) is 32.5 Å². The third-order valence-corrected chi connectivity index (χ3v) is 4.58. The second-order valence-corrected chi connectivity index (χ2v) is 6.02. The van der Waals surface area contributed by atoms with Crippen molar-refractivity contribution in [3.05, 3.63) is 60.7 Å². The van der Waals surface area contributed by atoms with Gasteiger partial charge in [-0.05, 0) is 24.5 Å². The zero-order chi connectivity index (χ0) is 14.8. The van der Waals surface area contributed by atoms with Crippen LogP contribution in [0.3, 0.4) is 0 Å². The number of piperidine rings is 1. The van der Waals surface area contributed by atoms with Gasteiger partial charge in [-0.1, -0.05) is 30.3 Å². The summed E-state index contributed by atoms with van der Waals surface area (Å²) in [5.74, 6) is 0. The van der Waals surface area contributed by atoms with Crippen molar-refractivity contribution in [2.24, 2.45) is 0 Å². The molecule has 3 heterocycles. The molecule has 0 bridgehead atoms. The van der Waals surface area contributed by atoms with Crippen molar-refractivity contribution in [1.82, 2.24) is 19.4 Å². The highest BCUT2D eigenvalue weighted by Gasteiger charge is 2.21. The van der Waals surface area contributed by atoms with Crippen molar-refractivity contribution in [2.75, 3.05) is 13.1 Å². The van der Waals surface area contributed by atoms with Gasteiger partial charge in [-0.2, -0.15) is 0 Å². The molecule has 4 rings (SSSR count). The van der Waals surface area contributed by atoms with E-state index in [-0.39, 0.29) is 0 Å². The molecule has 3 aromatic rings. The van der Waals surface area contributed by atoms with E-state index in [1.165, 1.54) is 18.4 Å². The maximum Gasteiger partial charge on any atom is 0.143 e. The van der Waals surface area contributed by atoms with E-state index in [0.717, 1.165) is 30.7 Å². The topological polar surface area (TPSA) is 34.0 Å². The Morgan fingerprint density at radius 3 is 2.68 bits per heavy atom. The molecule has 0 spiro atoms. The van der Waals surface area contributed by atoms with Crippen LogP contribution in [0.25, 0.3) is 11.0 Å². The molecule has 1 aromatic carbocycles. The van der Waals surface area contributed by atoms with Crippen LogP contribution in [0.15, 0.2) is 55.1 Å². The Balaban J connectivity index is 1.43. The highest BCUT2D eigenvalue weighted by Crippen LogP contribution is 2.27. The zero-order valence-electron chi connectivity index (χ0n) is 12.6. The lowest BCUT2D eigenvalue weighted by Gasteiger charge is -2.32. The average Bonchev–Trinajstić information content (AvgIpc) is 3.01. The number of fused-ring (bicyclic) bond motifs is 1. The highest BCUT2D eigenvalue weighted by atomic mass is 15.2. The normalized spacial score (nSPS) is 17.1. The lowest BCUT2D eigenvalue weighted by atomic mass is 10.0. The van der Waals surface area contributed by atoms with E-state index in [0.29, 0.717) is 6.04 Å². The summed E-state index contributed by atoms with van der Waals surface area (Å²) in [6.07, 6.45) is 8.06. The summed E-state index contributed by atoms with van der Waals surface area (Å²) in [4.78, 5) is 11.1. The number of nitrogens with zero attached hydrogens (tertiary/aromatic N) is 4. The Hall–Kier alpha value is -2.20. The molecule has 0 aliphatic carbocycles. The van der Waals surface area contributed by atoms with Crippen LogP contribution in [0.5, 0.6) is 0 Å². The molecule has 1 aliphatic rings. The average molecular weight is 292 g/mol. The van der Waals surface area contributed by atoms with Gasteiger partial charge in [0.15, 0.2) is 0 Å². The first-order valence-corrected chi connectivity index (χ1v) is 7.93. The van der Waals surface area contributed by atoms with Crippen molar-refractivity contribution in [3.63, 3.8) is 0 Å². The lowest BCUT2D eigenvalue weighted by molar-refractivity contribution is 0.181. The molecule has 0 atom stereocenters. The number of aromatic nitrogens is 3. The first-order valence-electron chi connectivity index (χ1n) is 7.93. The Morgan fingerprint density at radius 2 is 1.86 bits per heavy atom. The Morgan fingerprint density at radius 1 is 1.05 bits per heavy atom. The quantitative estimate of drug-likeness (QED) is 0.743. The van der Waals surface area contributed by atoms with Gasteiger partial charge in [0.05, 0.1) is 0 Å². The van der Waals surface area contributed by atoms with Crippen LogP contribution in [0, 0.1) is 0 Å². The molecule has 0 N–H and O–H groups in total. The Bertz CT molecular complexity index is 742. The fourth-order valence-corrected chi connectivity index (χ4v) is 3.39. The number of likely N-dealkylation sites (tertiary alicyclic amines) is 1. The summed E-state index contributed by atoms with van der Waals surface area (Å²) >= 11 is 0. The number of hydrogen-bond donors (Lipinski definition) is 0. The molecular weight excluding hydrogens is 272 g/mol. The van der Waals surface area contributed by atoms with Gasteiger partial charge < -0.3 is 4.57 Å². The molecule has 1 aliphatic heterocycles. The molecule has 1 fully saturated rings. The van der Waals surface area contributed by atoms with E-state index in [1.807, 2.05) is 6.20 Å². The number of rotatable bonds is 3.